The number of hydrogen-bond donors (Lipinski definition) is 1. The number of halogens is 1. The zero-order valence-electron chi connectivity index (χ0n) is 12.3. The Morgan fingerprint density at radius 1 is 1.25 bits per heavy atom. The molecule has 3 nitrogen and oxygen atoms in total. The lowest BCUT2D eigenvalue weighted by molar-refractivity contribution is 0.225. The zero-order chi connectivity index (χ0) is 14.0. The summed E-state index contributed by atoms with van der Waals surface area (Å²) in [5.41, 5.74) is 1.27. The van der Waals surface area contributed by atoms with Crippen LogP contribution >= 0.6 is 0 Å². The highest BCUT2D eigenvalue weighted by molar-refractivity contribution is 5.43. The van der Waals surface area contributed by atoms with E-state index in [-0.39, 0.29) is 5.82 Å². The van der Waals surface area contributed by atoms with Gasteiger partial charge in [-0.3, -0.25) is 0 Å². The lowest BCUT2D eigenvalue weighted by atomic mass is 9.77. The number of anilines is 1. The van der Waals surface area contributed by atoms with Gasteiger partial charge in [-0.1, -0.05) is 12.8 Å². The Balaban J connectivity index is 1.73. The summed E-state index contributed by atoms with van der Waals surface area (Å²) in [5.74, 6) is 0.398. The van der Waals surface area contributed by atoms with E-state index >= 15 is 0 Å². The third-order valence-electron chi connectivity index (χ3n) is 5.11. The van der Waals surface area contributed by atoms with E-state index in [0.29, 0.717) is 23.3 Å². The molecular formula is C16H24FN3. The molecule has 1 saturated heterocycles. The summed E-state index contributed by atoms with van der Waals surface area (Å²) in [7, 11) is 1.84. The van der Waals surface area contributed by atoms with Crippen molar-refractivity contribution < 1.29 is 4.39 Å². The van der Waals surface area contributed by atoms with E-state index in [1.807, 2.05) is 7.05 Å². The second-order valence-corrected chi connectivity index (χ2v) is 6.33. The summed E-state index contributed by atoms with van der Waals surface area (Å²) in [6.07, 6.45) is 9.63. The number of nitrogens with zero attached hydrogens (tertiary/aromatic N) is 2. The van der Waals surface area contributed by atoms with Crippen molar-refractivity contribution in [3.05, 3.63) is 23.6 Å². The van der Waals surface area contributed by atoms with E-state index in [9.17, 15) is 4.39 Å². The van der Waals surface area contributed by atoms with Crippen LogP contribution in [0, 0.1) is 11.2 Å². The molecule has 1 aliphatic carbocycles. The molecule has 0 amide bonds. The molecule has 20 heavy (non-hydrogen) atoms. The van der Waals surface area contributed by atoms with Crippen LogP contribution in [-0.2, 0) is 6.54 Å². The van der Waals surface area contributed by atoms with Crippen LogP contribution in [0.3, 0.4) is 0 Å². The third-order valence-corrected chi connectivity index (χ3v) is 5.11. The Morgan fingerprint density at radius 3 is 2.60 bits per heavy atom. The molecule has 0 atom stereocenters. The van der Waals surface area contributed by atoms with Crippen molar-refractivity contribution in [1.29, 1.82) is 0 Å². The number of rotatable bonds is 3. The second kappa shape index (κ2) is 5.68. The van der Waals surface area contributed by atoms with Crippen molar-refractivity contribution in [2.45, 2.75) is 45.1 Å². The standard InChI is InChI=1S/C16H24FN3/c1-18-12-13-4-9-19-15(14(13)17)20-10-7-16(8-11-20)5-2-3-6-16/h4,9,18H,2-3,5-8,10-12H2,1H3. The largest absolute Gasteiger partial charge is 0.354 e. The van der Waals surface area contributed by atoms with Crippen molar-refractivity contribution in [2.24, 2.45) is 5.41 Å². The Bertz CT molecular complexity index is 459. The quantitative estimate of drug-likeness (QED) is 0.920. The first-order valence-electron chi connectivity index (χ1n) is 7.77. The van der Waals surface area contributed by atoms with Crippen molar-refractivity contribution in [3.8, 4) is 0 Å². The van der Waals surface area contributed by atoms with Crippen LogP contribution in [0.15, 0.2) is 12.3 Å². The van der Waals surface area contributed by atoms with Gasteiger partial charge in [0.1, 0.15) is 0 Å². The summed E-state index contributed by atoms with van der Waals surface area (Å²) in [5, 5.41) is 3.01. The van der Waals surface area contributed by atoms with E-state index in [0.717, 1.165) is 13.1 Å². The molecule has 1 N–H and O–H groups in total. The van der Waals surface area contributed by atoms with E-state index in [4.69, 9.17) is 0 Å². The molecule has 1 spiro atoms. The molecule has 0 unspecified atom stereocenters. The van der Waals surface area contributed by atoms with Gasteiger partial charge in [-0.05, 0) is 44.2 Å². The fraction of sp³-hybridized carbons (Fsp3) is 0.688. The SMILES string of the molecule is CNCc1ccnc(N2CCC3(CCCC3)CC2)c1F. The molecule has 110 valence electrons. The minimum atomic E-state index is -0.149. The number of aromatic nitrogens is 1. The monoisotopic (exact) mass is 277 g/mol. The van der Waals surface area contributed by atoms with Gasteiger partial charge in [-0.25, -0.2) is 9.37 Å². The summed E-state index contributed by atoms with van der Waals surface area (Å²) in [6.45, 7) is 2.46. The van der Waals surface area contributed by atoms with E-state index in [1.54, 1.807) is 12.3 Å². The first kappa shape index (κ1) is 13.8. The van der Waals surface area contributed by atoms with Gasteiger partial charge in [-0.15, -0.1) is 0 Å². The second-order valence-electron chi connectivity index (χ2n) is 6.33. The van der Waals surface area contributed by atoms with E-state index in [1.165, 1.54) is 38.5 Å². The minimum absolute atomic E-state index is 0.149. The van der Waals surface area contributed by atoms with Crippen molar-refractivity contribution in [3.63, 3.8) is 0 Å². The number of pyridine rings is 1. The molecule has 2 aliphatic rings. The summed E-state index contributed by atoms with van der Waals surface area (Å²) < 4.78 is 14.5. The molecular weight excluding hydrogens is 253 g/mol. The van der Waals surface area contributed by atoms with Gasteiger partial charge < -0.3 is 10.2 Å². The van der Waals surface area contributed by atoms with Crippen LogP contribution in [0.4, 0.5) is 10.2 Å². The zero-order valence-corrected chi connectivity index (χ0v) is 12.3. The van der Waals surface area contributed by atoms with Crippen LogP contribution in [0.2, 0.25) is 0 Å². The predicted octanol–water partition coefficient (Wildman–Crippen LogP) is 3.10. The molecule has 2 heterocycles. The van der Waals surface area contributed by atoms with Crippen molar-refractivity contribution in [1.82, 2.24) is 10.3 Å². The van der Waals surface area contributed by atoms with Gasteiger partial charge in [0.25, 0.3) is 0 Å². The highest BCUT2D eigenvalue weighted by Crippen LogP contribution is 2.46. The molecule has 1 saturated carbocycles. The molecule has 1 aromatic heterocycles. The average molecular weight is 277 g/mol. The van der Waals surface area contributed by atoms with Crippen molar-refractivity contribution in [2.75, 3.05) is 25.0 Å². The maximum absolute atomic E-state index is 14.5. The van der Waals surface area contributed by atoms with Gasteiger partial charge in [0.15, 0.2) is 11.6 Å². The molecule has 0 aromatic carbocycles. The smallest absolute Gasteiger partial charge is 0.170 e. The van der Waals surface area contributed by atoms with Crippen LogP contribution in [-0.4, -0.2) is 25.1 Å². The van der Waals surface area contributed by atoms with Crippen molar-refractivity contribution >= 4 is 5.82 Å². The molecule has 0 bridgehead atoms. The number of nitrogens with one attached hydrogen (secondary N) is 1. The van der Waals surface area contributed by atoms with Gasteiger partial charge in [0, 0.05) is 31.4 Å². The van der Waals surface area contributed by atoms with Gasteiger partial charge >= 0.3 is 0 Å². The fourth-order valence-electron chi connectivity index (χ4n) is 3.84. The topological polar surface area (TPSA) is 28.2 Å². The number of hydrogen-bond acceptors (Lipinski definition) is 3. The fourth-order valence-corrected chi connectivity index (χ4v) is 3.84. The molecule has 1 aliphatic heterocycles. The van der Waals surface area contributed by atoms with E-state index in [2.05, 4.69) is 15.2 Å². The maximum Gasteiger partial charge on any atom is 0.170 e. The Kier molecular flexibility index (Phi) is 3.92. The molecule has 1 aromatic rings. The van der Waals surface area contributed by atoms with Gasteiger partial charge in [0.2, 0.25) is 0 Å². The lowest BCUT2D eigenvalue weighted by Crippen LogP contribution is -2.39. The first-order valence-corrected chi connectivity index (χ1v) is 7.77. The lowest BCUT2D eigenvalue weighted by Gasteiger charge is -2.40. The molecule has 0 radical (unpaired) electrons. The van der Waals surface area contributed by atoms with Crippen LogP contribution in [0.5, 0.6) is 0 Å². The summed E-state index contributed by atoms with van der Waals surface area (Å²) in [4.78, 5) is 6.42. The van der Waals surface area contributed by atoms with Gasteiger partial charge in [-0.2, -0.15) is 0 Å². The minimum Gasteiger partial charge on any atom is -0.354 e. The van der Waals surface area contributed by atoms with Crippen LogP contribution in [0.1, 0.15) is 44.1 Å². The molecule has 4 heteroatoms. The Hall–Kier alpha value is -1.16. The molecule has 2 fully saturated rings. The normalized spacial score (nSPS) is 21.6. The Labute approximate surface area is 120 Å². The highest BCUT2D eigenvalue weighted by atomic mass is 19.1. The number of piperidine rings is 1. The highest BCUT2D eigenvalue weighted by Gasteiger charge is 2.37. The Morgan fingerprint density at radius 2 is 1.95 bits per heavy atom. The third kappa shape index (κ3) is 2.53. The van der Waals surface area contributed by atoms with Crippen LogP contribution < -0.4 is 10.2 Å². The molecule has 3 rings (SSSR count). The van der Waals surface area contributed by atoms with E-state index < -0.39 is 0 Å². The van der Waals surface area contributed by atoms with Gasteiger partial charge in [0.05, 0.1) is 0 Å². The average Bonchev–Trinajstić information content (AvgIpc) is 2.91. The summed E-state index contributed by atoms with van der Waals surface area (Å²) in [6, 6.07) is 1.76. The van der Waals surface area contributed by atoms with Crippen LogP contribution in [0.25, 0.3) is 0 Å². The summed E-state index contributed by atoms with van der Waals surface area (Å²) >= 11 is 0. The predicted molar refractivity (Wildman–Crippen MR) is 79.3 cm³/mol. The maximum atomic E-state index is 14.5. The first-order chi connectivity index (χ1) is 9.74.